The second kappa shape index (κ2) is 7.31. The van der Waals surface area contributed by atoms with Gasteiger partial charge in [-0.1, -0.05) is 6.08 Å². The van der Waals surface area contributed by atoms with Gasteiger partial charge < -0.3 is 20.1 Å². The van der Waals surface area contributed by atoms with E-state index >= 15 is 0 Å². The van der Waals surface area contributed by atoms with Crippen molar-refractivity contribution in [3.63, 3.8) is 0 Å². The lowest BCUT2D eigenvalue weighted by Gasteiger charge is -2.16. The molecule has 1 aromatic rings. The molecule has 104 valence electrons. The quantitative estimate of drug-likeness (QED) is 0.737. The zero-order chi connectivity index (χ0) is 14.3. The maximum absolute atomic E-state index is 11.7. The fraction of sp³-hybridized carbons (Fsp3) is 0.357. The molecule has 1 atom stereocenters. The second-order valence-corrected chi connectivity index (χ2v) is 4.00. The van der Waals surface area contributed by atoms with Crippen LogP contribution in [0.1, 0.15) is 6.92 Å². The summed E-state index contributed by atoms with van der Waals surface area (Å²) in [4.78, 5) is 11.7. The van der Waals surface area contributed by atoms with Crippen LogP contribution in [0.25, 0.3) is 0 Å². The summed E-state index contributed by atoms with van der Waals surface area (Å²) in [6, 6.07) is 5.02. The summed E-state index contributed by atoms with van der Waals surface area (Å²) in [5.74, 6) is 1.24. The van der Waals surface area contributed by atoms with Crippen LogP contribution in [0.4, 0.5) is 5.69 Å². The molecule has 1 rings (SSSR count). The summed E-state index contributed by atoms with van der Waals surface area (Å²) in [6.45, 7) is 5.79. The van der Waals surface area contributed by atoms with Gasteiger partial charge in [-0.3, -0.25) is 4.79 Å². The molecule has 1 unspecified atom stereocenters. The minimum absolute atomic E-state index is 0.0957. The third-order valence-corrected chi connectivity index (χ3v) is 2.55. The second-order valence-electron chi connectivity index (χ2n) is 4.00. The van der Waals surface area contributed by atoms with Crippen molar-refractivity contribution >= 4 is 11.6 Å². The van der Waals surface area contributed by atoms with E-state index in [-0.39, 0.29) is 11.9 Å². The van der Waals surface area contributed by atoms with Gasteiger partial charge in [0.2, 0.25) is 5.91 Å². The van der Waals surface area contributed by atoms with Gasteiger partial charge >= 0.3 is 0 Å². The van der Waals surface area contributed by atoms with Crippen LogP contribution in [-0.2, 0) is 4.79 Å². The van der Waals surface area contributed by atoms with Gasteiger partial charge in [-0.25, -0.2) is 0 Å². The van der Waals surface area contributed by atoms with Crippen LogP contribution in [0, 0.1) is 0 Å². The third kappa shape index (κ3) is 4.54. The normalized spacial score (nSPS) is 11.3. The van der Waals surface area contributed by atoms with Crippen LogP contribution in [0.5, 0.6) is 11.5 Å². The Balaban J connectivity index is 2.74. The number of nitrogens with one attached hydrogen (secondary N) is 2. The molecule has 0 heterocycles. The minimum Gasteiger partial charge on any atom is -0.497 e. The summed E-state index contributed by atoms with van der Waals surface area (Å²) < 4.78 is 10.3. The zero-order valence-corrected chi connectivity index (χ0v) is 11.5. The first-order chi connectivity index (χ1) is 9.10. The molecule has 5 nitrogen and oxygen atoms in total. The van der Waals surface area contributed by atoms with Crippen molar-refractivity contribution in [2.24, 2.45) is 0 Å². The molecule has 0 saturated carbocycles. The van der Waals surface area contributed by atoms with Crippen LogP contribution in [0.3, 0.4) is 0 Å². The van der Waals surface area contributed by atoms with E-state index in [9.17, 15) is 4.79 Å². The molecule has 0 bridgehead atoms. The van der Waals surface area contributed by atoms with Crippen molar-refractivity contribution in [3.05, 3.63) is 30.9 Å². The summed E-state index contributed by atoms with van der Waals surface area (Å²) >= 11 is 0. The average molecular weight is 264 g/mol. The van der Waals surface area contributed by atoms with Crippen molar-refractivity contribution in [3.8, 4) is 11.5 Å². The highest BCUT2D eigenvalue weighted by Gasteiger charge is 2.12. The van der Waals surface area contributed by atoms with E-state index in [1.54, 1.807) is 45.4 Å². The first-order valence-corrected chi connectivity index (χ1v) is 5.99. The van der Waals surface area contributed by atoms with Gasteiger partial charge in [-0.15, -0.1) is 6.58 Å². The average Bonchev–Trinajstić information content (AvgIpc) is 2.43. The highest BCUT2D eigenvalue weighted by molar-refractivity contribution is 5.84. The highest BCUT2D eigenvalue weighted by atomic mass is 16.5. The van der Waals surface area contributed by atoms with Crippen molar-refractivity contribution in [2.75, 3.05) is 26.1 Å². The molecule has 19 heavy (non-hydrogen) atoms. The van der Waals surface area contributed by atoms with Crippen molar-refractivity contribution in [1.82, 2.24) is 5.32 Å². The van der Waals surface area contributed by atoms with Gasteiger partial charge in [-0.05, 0) is 6.92 Å². The number of carbonyl (C=O) groups excluding carboxylic acids is 1. The van der Waals surface area contributed by atoms with Crippen LogP contribution in [-0.4, -0.2) is 32.7 Å². The Labute approximate surface area is 113 Å². The lowest BCUT2D eigenvalue weighted by atomic mass is 10.2. The maximum atomic E-state index is 11.7. The van der Waals surface area contributed by atoms with E-state index in [0.29, 0.717) is 18.0 Å². The molecule has 0 aliphatic heterocycles. The maximum Gasteiger partial charge on any atom is 0.242 e. The molecule has 5 heteroatoms. The van der Waals surface area contributed by atoms with E-state index in [4.69, 9.17) is 9.47 Å². The first-order valence-electron chi connectivity index (χ1n) is 5.99. The van der Waals surface area contributed by atoms with E-state index in [2.05, 4.69) is 17.2 Å². The lowest BCUT2D eigenvalue weighted by Crippen LogP contribution is -2.37. The monoisotopic (exact) mass is 264 g/mol. The number of rotatable bonds is 7. The fourth-order valence-electron chi connectivity index (χ4n) is 1.53. The molecule has 0 aromatic heterocycles. The number of methoxy groups -OCH3 is 2. The molecule has 1 amide bonds. The highest BCUT2D eigenvalue weighted by Crippen LogP contribution is 2.26. The fourth-order valence-corrected chi connectivity index (χ4v) is 1.53. The topological polar surface area (TPSA) is 59.6 Å². The largest absolute Gasteiger partial charge is 0.497 e. The Hall–Kier alpha value is -2.17. The number of anilines is 1. The number of hydrogen-bond donors (Lipinski definition) is 2. The van der Waals surface area contributed by atoms with Crippen LogP contribution in [0.2, 0.25) is 0 Å². The van der Waals surface area contributed by atoms with E-state index < -0.39 is 0 Å². The van der Waals surface area contributed by atoms with Gasteiger partial charge in [0.1, 0.15) is 17.5 Å². The molecule has 1 aromatic carbocycles. The number of amides is 1. The van der Waals surface area contributed by atoms with Crippen LogP contribution >= 0.6 is 0 Å². The molecule has 2 N–H and O–H groups in total. The van der Waals surface area contributed by atoms with Gasteiger partial charge in [-0.2, -0.15) is 0 Å². The molecule has 0 radical (unpaired) electrons. The lowest BCUT2D eigenvalue weighted by molar-refractivity contribution is -0.121. The van der Waals surface area contributed by atoms with E-state index in [1.165, 1.54) is 0 Å². The Morgan fingerprint density at radius 1 is 1.32 bits per heavy atom. The molecule has 0 saturated heterocycles. The zero-order valence-electron chi connectivity index (χ0n) is 11.5. The van der Waals surface area contributed by atoms with Gasteiger partial charge in [0.05, 0.1) is 14.2 Å². The standard InChI is InChI=1S/C14H20N2O3/c1-5-6-15-14(17)10(2)16-11-7-12(18-3)9-13(8-11)19-4/h5,7-10,16H,1,6H2,2-4H3,(H,15,17). The number of hydrogen-bond acceptors (Lipinski definition) is 4. The predicted octanol–water partition coefficient (Wildman–Crippen LogP) is 1.81. The minimum atomic E-state index is -0.364. The Kier molecular flexibility index (Phi) is 5.73. The Morgan fingerprint density at radius 3 is 2.37 bits per heavy atom. The molecule has 0 aliphatic carbocycles. The summed E-state index contributed by atoms with van der Waals surface area (Å²) in [7, 11) is 3.16. The SMILES string of the molecule is C=CCNC(=O)C(C)Nc1cc(OC)cc(OC)c1. The summed E-state index contributed by atoms with van der Waals surface area (Å²) in [5.41, 5.74) is 0.762. The van der Waals surface area contributed by atoms with Crippen molar-refractivity contribution in [2.45, 2.75) is 13.0 Å². The number of carbonyl (C=O) groups is 1. The van der Waals surface area contributed by atoms with Crippen LogP contribution in [0.15, 0.2) is 30.9 Å². The number of ether oxygens (including phenoxy) is 2. The molecule has 0 aliphatic rings. The third-order valence-electron chi connectivity index (χ3n) is 2.55. The van der Waals surface area contributed by atoms with Crippen LogP contribution < -0.4 is 20.1 Å². The molecule has 0 fully saturated rings. The predicted molar refractivity (Wildman–Crippen MR) is 75.8 cm³/mol. The molecule has 0 spiro atoms. The Bertz CT molecular complexity index is 424. The Morgan fingerprint density at radius 2 is 1.89 bits per heavy atom. The van der Waals surface area contributed by atoms with Gasteiger partial charge in [0, 0.05) is 30.4 Å². The summed E-state index contributed by atoms with van der Waals surface area (Å²) in [5, 5.41) is 5.82. The van der Waals surface area contributed by atoms with Gasteiger partial charge in [0.15, 0.2) is 0 Å². The molecular weight excluding hydrogens is 244 g/mol. The van der Waals surface area contributed by atoms with E-state index in [0.717, 1.165) is 5.69 Å². The van der Waals surface area contributed by atoms with Crippen molar-refractivity contribution < 1.29 is 14.3 Å². The smallest absolute Gasteiger partial charge is 0.242 e. The molecular formula is C14H20N2O3. The van der Waals surface area contributed by atoms with Crippen molar-refractivity contribution in [1.29, 1.82) is 0 Å². The summed E-state index contributed by atoms with van der Waals surface area (Å²) in [6.07, 6.45) is 1.64. The number of benzene rings is 1. The van der Waals surface area contributed by atoms with Gasteiger partial charge in [0.25, 0.3) is 0 Å². The van der Waals surface area contributed by atoms with E-state index in [1.807, 2.05) is 0 Å². The first kappa shape index (κ1) is 14.9.